The summed E-state index contributed by atoms with van der Waals surface area (Å²) in [6, 6.07) is 8.25. The lowest BCUT2D eigenvalue weighted by molar-refractivity contribution is 1.15. The molecule has 1 aromatic rings. The van der Waals surface area contributed by atoms with E-state index in [2.05, 4.69) is 57.2 Å². The molecule has 0 saturated carbocycles. The highest BCUT2D eigenvalue weighted by Crippen LogP contribution is 2.06. The monoisotopic (exact) mass is 274 g/mol. The van der Waals surface area contributed by atoms with Gasteiger partial charge in [0, 0.05) is 23.2 Å². The first kappa shape index (κ1) is 9.51. The molecule has 2 nitrogen and oxygen atoms in total. The second-order valence-corrected chi connectivity index (χ2v) is 3.57. The first-order valence-corrected chi connectivity index (χ1v) is 4.76. The fourth-order valence-electron chi connectivity index (χ4n) is 0.993. The van der Waals surface area contributed by atoms with Gasteiger partial charge in [-0.2, -0.15) is 0 Å². The fourth-order valence-corrected chi connectivity index (χ4v) is 1.35. The Labute approximate surface area is 86.2 Å². The van der Waals surface area contributed by atoms with Crippen molar-refractivity contribution in [2.45, 2.75) is 0 Å². The van der Waals surface area contributed by atoms with Gasteiger partial charge >= 0.3 is 0 Å². The van der Waals surface area contributed by atoms with Gasteiger partial charge in [-0.25, -0.2) is 0 Å². The van der Waals surface area contributed by atoms with Crippen LogP contribution >= 0.6 is 22.6 Å². The SMILES string of the molecule is CN=C(NC)c1ccc(I)cc1. The van der Waals surface area contributed by atoms with Crippen molar-refractivity contribution in [2.24, 2.45) is 4.99 Å². The summed E-state index contributed by atoms with van der Waals surface area (Å²) in [5, 5.41) is 3.04. The molecule has 0 amide bonds. The Morgan fingerprint density at radius 2 is 1.92 bits per heavy atom. The topological polar surface area (TPSA) is 24.4 Å². The van der Waals surface area contributed by atoms with Crippen LogP contribution in [0.3, 0.4) is 0 Å². The summed E-state index contributed by atoms with van der Waals surface area (Å²) >= 11 is 2.28. The zero-order valence-corrected chi connectivity index (χ0v) is 9.29. The number of benzene rings is 1. The molecule has 1 N–H and O–H groups in total. The molecule has 0 heterocycles. The van der Waals surface area contributed by atoms with Crippen molar-refractivity contribution < 1.29 is 0 Å². The molecule has 0 bridgehead atoms. The molecule has 0 fully saturated rings. The highest BCUT2D eigenvalue weighted by atomic mass is 127. The fraction of sp³-hybridized carbons (Fsp3) is 0.222. The van der Waals surface area contributed by atoms with Gasteiger partial charge in [-0.3, -0.25) is 4.99 Å². The largest absolute Gasteiger partial charge is 0.373 e. The molecule has 0 saturated heterocycles. The summed E-state index contributed by atoms with van der Waals surface area (Å²) in [5.41, 5.74) is 1.13. The van der Waals surface area contributed by atoms with E-state index in [1.807, 2.05) is 7.05 Å². The zero-order chi connectivity index (χ0) is 8.97. The molecular formula is C9H11IN2. The standard InChI is InChI=1S/C9H11IN2/c1-11-9(12-2)7-3-5-8(10)6-4-7/h3-6H,1-2H3,(H,11,12). The van der Waals surface area contributed by atoms with Crippen molar-refractivity contribution in [3.05, 3.63) is 33.4 Å². The molecule has 0 radical (unpaired) electrons. The summed E-state index contributed by atoms with van der Waals surface area (Å²) < 4.78 is 1.24. The van der Waals surface area contributed by atoms with Crippen LogP contribution in [0.4, 0.5) is 0 Å². The Balaban J connectivity index is 2.96. The third kappa shape index (κ3) is 2.20. The van der Waals surface area contributed by atoms with Crippen molar-refractivity contribution in [3.8, 4) is 0 Å². The molecule has 3 heteroatoms. The molecule has 0 aliphatic rings. The predicted molar refractivity (Wildman–Crippen MR) is 60.7 cm³/mol. The van der Waals surface area contributed by atoms with Crippen LogP contribution < -0.4 is 5.32 Å². The molecular weight excluding hydrogens is 263 g/mol. The lowest BCUT2D eigenvalue weighted by atomic mass is 10.2. The van der Waals surface area contributed by atoms with Crippen LogP contribution in [0.5, 0.6) is 0 Å². The van der Waals surface area contributed by atoms with Crippen molar-refractivity contribution in [2.75, 3.05) is 14.1 Å². The number of amidine groups is 1. The minimum atomic E-state index is 0.923. The summed E-state index contributed by atoms with van der Waals surface area (Å²) in [4.78, 5) is 4.11. The van der Waals surface area contributed by atoms with Crippen LogP contribution in [0, 0.1) is 3.57 Å². The van der Waals surface area contributed by atoms with E-state index in [0.717, 1.165) is 11.4 Å². The van der Waals surface area contributed by atoms with Crippen molar-refractivity contribution in [3.63, 3.8) is 0 Å². The Morgan fingerprint density at radius 3 is 2.33 bits per heavy atom. The van der Waals surface area contributed by atoms with Gasteiger partial charge in [0.25, 0.3) is 0 Å². The average Bonchev–Trinajstić information content (AvgIpc) is 2.10. The minimum Gasteiger partial charge on any atom is -0.373 e. The second-order valence-electron chi connectivity index (χ2n) is 2.33. The minimum absolute atomic E-state index is 0.923. The van der Waals surface area contributed by atoms with Crippen LogP contribution in [0.2, 0.25) is 0 Å². The zero-order valence-electron chi connectivity index (χ0n) is 7.13. The van der Waals surface area contributed by atoms with Gasteiger partial charge in [-0.1, -0.05) is 12.1 Å². The summed E-state index contributed by atoms with van der Waals surface area (Å²) in [5.74, 6) is 0.923. The molecule has 1 aromatic carbocycles. The maximum Gasteiger partial charge on any atom is 0.127 e. The summed E-state index contributed by atoms with van der Waals surface area (Å²) in [7, 11) is 3.66. The first-order chi connectivity index (χ1) is 5.77. The quantitative estimate of drug-likeness (QED) is 0.472. The number of rotatable bonds is 1. The smallest absolute Gasteiger partial charge is 0.127 e. The Kier molecular flexibility index (Phi) is 3.52. The van der Waals surface area contributed by atoms with E-state index in [1.54, 1.807) is 7.05 Å². The van der Waals surface area contributed by atoms with Gasteiger partial charge in [0.15, 0.2) is 0 Å². The maximum atomic E-state index is 4.11. The van der Waals surface area contributed by atoms with Gasteiger partial charge in [0.1, 0.15) is 5.84 Å². The highest BCUT2D eigenvalue weighted by Gasteiger charge is 1.97. The summed E-state index contributed by atoms with van der Waals surface area (Å²) in [6.45, 7) is 0. The number of nitrogens with zero attached hydrogens (tertiary/aromatic N) is 1. The van der Waals surface area contributed by atoms with E-state index < -0.39 is 0 Å². The maximum absolute atomic E-state index is 4.11. The second kappa shape index (κ2) is 4.45. The van der Waals surface area contributed by atoms with Crippen molar-refractivity contribution in [1.29, 1.82) is 0 Å². The third-order valence-corrected chi connectivity index (χ3v) is 2.30. The van der Waals surface area contributed by atoms with Crippen LogP contribution in [-0.4, -0.2) is 19.9 Å². The van der Waals surface area contributed by atoms with E-state index in [4.69, 9.17) is 0 Å². The predicted octanol–water partition coefficient (Wildman–Crippen LogP) is 1.89. The van der Waals surface area contributed by atoms with Crippen molar-refractivity contribution in [1.82, 2.24) is 5.32 Å². The van der Waals surface area contributed by atoms with Crippen LogP contribution in [0.1, 0.15) is 5.56 Å². The lowest BCUT2D eigenvalue weighted by Crippen LogP contribution is -2.19. The van der Waals surface area contributed by atoms with E-state index >= 15 is 0 Å². The molecule has 0 aromatic heterocycles. The van der Waals surface area contributed by atoms with Gasteiger partial charge < -0.3 is 5.32 Å². The Hall–Kier alpha value is -0.580. The molecule has 0 atom stereocenters. The van der Waals surface area contributed by atoms with Gasteiger partial charge in [0.05, 0.1) is 0 Å². The van der Waals surface area contributed by atoms with Crippen molar-refractivity contribution >= 4 is 28.4 Å². The number of hydrogen-bond donors (Lipinski definition) is 1. The van der Waals surface area contributed by atoms with E-state index in [0.29, 0.717) is 0 Å². The number of aliphatic imine (C=N–C) groups is 1. The molecule has 1 rings (SSSR count). The van der Waals surface area contributed by atoms with Gasteiger partial charge in [0.2, 0.25) is 0 Å². The number of hydrogen-bond acceptors (Lipinski definition) is 1. The molecule has 64 valence electrons. The third-order valence-electron chi connectivity index (χ3n) is 1.58. The van der Waals surface area contributed by atoms with Gasteiger partial charge in [-0.15, -0.1) is 0 Å². The molecule has 0 unspecified atom stereocenters. The molecule has 12 heavy (non-hydrogen) atoms. The van der Waals surface area contributed by atoms with Crippen LogP contribution in [0.15, 0.2) is 29.3 Å². The molecule has 0 spiro atoms. The van der Waals surface area contributed by atoms with Gasteiger partial charge in [-0.05, 0) is 34.7 Å². The Morgan fingerprint density at radius 1 is 1.33 bits per heavy atom. The average molecular weight is 274 g/mol. The van der Waals surface area contributed by atoms with E-state index in [9.17, 15) is 0 Å². The van der Waals surface area contributed by atoms with E-state index in [-0.39, 0.29) is 0 Å². The molecule has 0 aliphatic heterocycles. The first-order valence-electron chi connectivity index (χ1n) is 3.68. The summed E-state index contributed by atoms with van der Waals surface area (Å²) in [6.07, 6.45) is 0. The molecule has 0 aliphatic carbocycles. The Bertz CT molecular complexity index is 277. The normalized spacial score (nSPS) is 11.4. The number of halogens is 1. The number of nitrogens with one attached hydrogen (secondary N) is 1. The lowest BCUT2D eigenvalue weighted by Gasteiger charge is -2.03. The van der Waals surface area contributed by atoms with Crippen LogP contribution in [-0.2, 0) is 0 Å². The van der Waals surface area contributed by atoms with E-state index in [1.165, 1.54) is 3.57 Å². The van der Waals surface area contributed by atoms with Crippen LogP contribution in [0.25, 0.3) is 0 Å². The highest BCUT2D eigenvalue weighted by molar-refractivity contribution is 14.1.